The number of nitrogens with one attached hydrogen (secondary N) is 3. The highest BCUT2D eigenvalue weighted by Crippen LogP contribution is 2.33. The number of nitrogens with zero attached hydrogens (tertiary/aromatic N) is 3. The number of imidazole rings is 1. The first kappa shape index (κ1) is 19.6. The van der Waals surface area contributed by atoms with Gasteiger partial charge in [-0.05, 0) is 17.7 Å². The Balaban J connectivity index is 1.66. The predicted molar refractivity (Wildman–Crippen MR) is 114 cm³/mol. The van der Waals surface area contributed by atoms with E-state index in [2.05, 4.69) is 25.9 Å². The van der Waals surface area contributed by atoms with Gasteiger partial charge in [-0.3, -0.25) is 0 Å². The second kappa shape index (κ2) is 7.69. The van der Waals surface area contributed by atoms with Gasteiger partial charge in [-0.25, -0.2) is 23.7 Å². The van der Waals surface area contributed by atoms with E-state index in [9.17, 15) is 9.18 Å². The van der Waals surface area contributed by atoms with Crippen LogP contribution < -0.4 is 20.7 Å². The lowest BCUT2D eigenvalue weighted by Gasteiger charge is -2.22. The van der Waals surface area contributed by atoms with Crippen LogP contribution in [0.2, 0.25) is 0 Å². The highest BCUT2D eigenvalue weighted by atomic mass is 19.1. The molecule has 4 bridgehead atoms. The normalized spacial score (nSPS) is 23.1. The number of carbonyl (C=O) groups is 1. The van der Waals surface area contributed by atoms with Gasteiger partial charge in [-0.15, -0.1) is 0 Å². The summed E-state index contributed by atoms with van der Waals surface area (Å²) in [6.07, 6.45) is 0.413. The second-order valence-electron chi connectivity index (χ2n) is 7.73. The maximum atomic E-state index is 14.2. The number of halogens is 1. The molecule has 10 heteroatoms. The number of anilines is 3. The molecule has 3 atom stereocenters. The first-order valence-electron chi connectivity index (χ1n) is 10.1. The van der Waals surface area contributed by atoms with Crippen molar-refractivity contribution in [2.75, 3.05) is 24.8 Å². The van der Waals surface area contributed by atoms with Gasteiger partial charge in [0.25, 0.3) is 0 Å². The minimum absolute atomic E-state index is 0.207. The SMILES string of the molecule is CNc1cc2nc3c1ncn3C(=O)N[C@@H]1C[C@@H](F)C[C@H]1OCc1ccc(OC)c(c1)N2. The van der Waals surface area contributed by atoms with E-state index >= 15 is 0 Å². The molecule has 0 saturated heterocycles. The van der Waals surface area contributed by atoms with Crippen molar-refractivity contribution < 1.29 is 18.7 Å². The summed E-state index contributed by atoms with van der Waals surface area (Å²) in [5, 5.41) is 9.27. The fraction of sp³-hybridized carbons (Fsp3) is 0.381. The summed E-state index contributed by atoms with van der Waals surface area (Å²) in [6.45, 7) is 0.285. The molecule has 1 fully saturated rings. The van der Waals surface area contributed by atoms with Crippen molar-refractivity contribution in [3.63, 3.8) is 0 Å². The molecule has 3 heterocycles. The standard InChI is InChI=1S/C21H23FN6O3/c1-23-15-8-18-25-13-5-11(3-4-16(13)30-2)9-31-17-7-12(22)6-14(17)26-21(29)28-10-24-19(15)20(28)27-18/h3-5,8,10,12,14,17H,6-7,9H2,1-2H3,(H,26,29)(H2,23,25,27)/t12-,14-,17-/m1/s1. The van der Waals surface area contributed by atoms with Crippen molar-refractivity contribution in [3.05, 3.63) is 36.2 Å². The first-order chi connectivity index (χ1) is 15.1. The largest absolute Gasteiger partial charge is 0.495 e. The number of pyridine rings is 1. The van der Waals surface area contributed by atoms with Gasteiger partial charge in [0, 0.05) is 26.0 Å². The number of hydrogen-bond donors (Lipinski definition) is 3. The molecular formula is C21H23FN6O3. The number of alkyl halides is 1. The molecule has 1 aliphatic heterocycles. The van der Waals surface area contributed by atoms with E-state index in [1.54, 1.807) is 14.2 Å². The summed E-state index contributed by atoms with van der Waals surface area (Å²) < 4.78 is 27.0. The van der Waals surface area contributed by atoms with Gasteiger partial charge in [0.1, 0.15) is 29.6 Å². The molecular weight excluding hydrogens is 403 g/mol. The summed E-state index contributed by atoms with van der Waals surface area (Å²) in [5.74, 6) is 1.15. The van der Waals surface area contributed by atoms with Crippen LogP contribution in [0.15, 0.2) is 30.6 Å². The zero-order valence-electron chi connectivity index (χ0n) is 17.2. The Kier molecular flexibility index (Phi) is 4.85. The molecule has 0 spiro atoms. The quantitative estimate of drug-likeness (QED) is 0.578. The van der Waals surface area contributed by atoms with Crippen LogP contribution in [0.25, 0.3) is 11.2 Å². The van der Waals surface area contributed by atoms with Crippen LogP contribution in [0.5, 0.6) is 5.75 Å². The minimum Gasteiger partial charge on any atom is -0.495 e. The Bertz CT molecular complexity index is 1150. The molecule has 162 valence electrons. The zero-order chi connectivity index (χ0) is 21.5. The molecule has 1 amide bonds. The summed E-state index contributed by atoms with van der Waals surface area (Å²) in [6, 6.07) is 6.62. The molecule has 2 aromatic heterocycles. The van der Waals surface area contributed by atoms with E-state index in [-0.39, 0.29) is 19.4 Å². The van der Waals surface area contributed by atoms with Gasteiger partial charge in [0.05, 0.1) is 37.2 Å². The fourth-order valence-corrected chi connectivity index (χ4v) is 4.18. The van der Waals surface area contributed by atoms with E-state index in [0.717, 1.165) is 5.56 Å². The number of amides is 1. The molecule has 9 nitrogen and oxygen atoms in total. The monoisotopic (exact) mass is 426 g/mol. The summed E-state index contributed by atoms with van der Waals surface area (Å²) >= 11 is 0. The molecule has 1 saturated carbocycles. The number of fused-ring (bicyclic) bond motifs is 4. The average molecular weight is 426 g/mol. The van der Waals surface area contributed by atoms with Crippen LogP contribution in [0.4, 0.5) is 26.4 Å². The lowest BCUT2D eigenvalue weighted by molar-refractivity contribution is 0.0273. The van der Waals surface area contributed by atoms with Gasteiger partial charge >= 0.3 is 6.03 Å². The Labute approximate surface area is 178 Å². The van der Waals surface area contributed by atoms with Crippen LogP contribution in [0, 0.1) is 0 Å². The zero-order valence-corrected chi connectivity index (χ0v) is 17.2. The molecule has 1 aromatic carbocycles. The third-order valence-corrected chi connectivity index (χ3v) is 5.74. The van der Waals surface area contributed by atoms with Crippen LogP contribution in [-0.2, 0) is 11.3 Å². The molecule has 3 aromatic rings. The van der Waals surface area contributed by atoms with E-state index in [4.69, 9.17) is 9.47 Å². The molecule has 5 rings (SSSR count). The Morgan fingerprint density at radius 3 is 3.00 bits per heavy atom. The van der Waals surface area contributed by atoms with Crippen LogP contribution >= 0.6 is 0 Å². The van der Waals surface area contributed by atoms with Crippen molar-refractivity contribution in [1.29, 1.82) is 0 Å². The number of carbonyl (C=O) groups excluding carboxylic acids is 1. The molecule has 31 heavy (non-hydrogen) atoms. The highest BCUT2D eigenvalue weighted by Gasteiger charge is 2.37. The number of rotatable bonds is 2. The molecule has 1 aliphatic carbocycles. The maximum Gasteiger partial charge on any atom is 0.328 e. The molecule has 3 N–H and O–H groups in total. The van der Waals surface area contributed by atoms with E-state index in [1.165, 1.54) is 10.9 Å². The van der Waals surface area contributed by atoms with Crippen LogP contribution in [0.1, 0.15) is 18.4 Å². The third-order valence-electron chi connectivity index (χ3n) is 5.74. The number of hydrogen-bond acceptors (Lipinski definition) is 7. The van der Waals surface area contributed by atoms with Crippen molar-refractivity contribution in [1.82, 2.24) is 19.9 Å². The van der Waals surface area contributed by atoms with Crippen molar-refractivity contribution >= 4 is 34.4 Å². The summed E-state index contributed by atoms with van der Waals surface area (Å²) in [5.41, 5.74) is 3.25. The molecule has 0 unspecified atom stereocenters. The van der Waals surface area contributed by atoms with Crippen LogP contribution in [0.3, 0.4) is 0 Å². The lowest BCUT2D eigenvalue weighted by atomic mass is 10.1. The second-order valence-corrected chi connectivity index (χ2v) is 7.73. The number of benzene rings is 1. The average Bonchev–Trinajstić information content (AvgIpc) is 3.34. The fourth-order valence-electron chi connectivity index (χ4n) is 4.18. The van der Waals surface area contributed by atoms with Crippen molar-refractivity contribution in [3.8, 4) is 5.75 Å². The van der Waals surface area contributed by atoms with E-state index in [1.807, 2.05) is 24.3 Å². The van der Waals surface area contributed by atoms with E-state index in [0.29, 0.717) is 34.1 Å². The first-order valence-corrected chi connectivity index (χ1v) is 10.1. The summed E-state index contributed by atoms with van der Waals surface area (Å²) in [7, 11) is 3.37. The smallest absolute Gasteiger partial charge is 0.328 e. The highest BCUT2D eigenvalue weighted by molar-refractivity contribution is 5.94. The van der Waals surface area contributed by atoms with Gasteiger partial charge in [-0.2, -0.15) is 0 Å². The van der Waals surface area contributed by atoms with E-state index < -0.39 is 24.3 Å². The van der Waals surface area contributed by atoms with Crippen molar-refractivity contribution in [2.45, 2.75) is 37.8 Å². The molecule has 0 radical (unpaired) electrons. The van der Waals surface area contributed by atoms with Crippen LogP contribution in [-0.4, -0.2) is 53.0 Å². The van der Waals surface area contributed by atoms with Crippen molar-refractivity contribution in [2.24, 2.45) is 0 Å². The molecule has 2 aliphatic rings. The van der Waals surface area contributed by atoms with Gasteiger partial charge in [-0.1, -0.05) is 6.07 Å². The maximum absolute atomic E-state index is 14.2. The minimum atomic E-state index is -1.03. The number of aromatic nitrogens is 3. The van der Waals surface area contributed by atoms with Gasteiger partial charge < -0.3 is 25.4 Å². The Hall–Kier alpha value is -3.40. The van der Waals surface area contributed by atoms with Gasteiger partial charge in [0.2, 0.25) is 0 Å². The summed E-state index contributed by atoms with van der Waals surface area (Å²) in [4.78, 5) is 22.0. The lowest BCUT2D eigenvalue weighted by Crippen LogP contribution is -2.43. The van der Waals surface area contributed by atoms with Gasteiger partial charge in [0.15, 0.2) is 5.65 Å². The Morgan fingerprint density at radius 2 is 2.19 bits per heavy atom. The predicted octanol–water partition coefficient (Wildman–Crippen LogP) is 3.18. The Morgan fingerprint density at radius 1 is 1.32 bits per heavy atom. The number of ether oxygens (including phenoxy) is 2. The third kappa shape index (κ3) is 3.52. The number of methoxy groups -OCH3 is 1. The topological polar surface area (TPSA) is 102 Å².